The first-order valence-corrected chi connectivity index (χ1v) is 7.63. The molecule has 0 saturated carbocycles. The minimum absolute atomic E-state index is 0.184. The second-order valence-electron chi connectivity index (χ2n) is 5.79. The van der Waals surface area contributed by atoms with Crippen molar-refractivity contribution in [3.05, 3.63) is 70.7 Å². The molecular weight excluding hydrogens is 322 g/mol. The molecule has 2 amide bonds. The summed E-state index contributed by atoms with van der Waals surface area (Å²) in [6.45, 7) is 3.71. The van der Waals surface area contributed by atoms with E-state index in [1.54, 1.807) is 28.8 Å². The van der Waals surface area contributed by atoms with Crippen molar-refractivity contribution in [2.45, 2.75) is 13.8 Å². The third-order valence-electron chi connectivity index (χ3n) is 4.09. The number of carbonyl (C=O) groups excluding carboxylic acids is 3. The van der Waals surface area contributed by atoms with E-state index in [9.17, 15) is 14.4 Å². The second-order valence-corrected chi connectivity index (χ2v) is 5.79. The number of aromatic nitrogens is 2. The van der Waals surface area contributed by atoms with Crippen molar-refractivity contribution < 1.29 is 19.2 Å². The van der Waals surface area contributed by atoms with E-state index in [-0.39, 0.29) is 16.7 Å². The Bertz CT molecular complexity index is 1030. The number of imide groups is 1. The number of hydroxylamine groups is 2. The van der Waals surface area contributed by atoms with E-state index in [1.807, 2.05) is 19.9 Å². The Morgan fingerprint density at radius 3 is 2.32 bits per heavy atom. The molecule has 4 rings (SSSR count). The lowest BCUT2D eigenvalue weighted by atomic mass is 10.1. The Balaban J connectivity index is 1.68. The number of rotatable bonds is 2. The standard InChI is InChI=1S/C18H13N3O4/c1-10-9-11(2)20-8-7-14(15(20)19-10)18(24)25-21-16(22)12-5-3-4-6-13(12)17(21)23/h3-9H,1-2H3. The van der Waals surface area contributed by atoms with Gasteiger partial charge in [-0.25, -0.2) is 9.78 Å². The third kappa shape index (κ3) is 2.20. The number of carbonyl (C=O) groups is 3. The first-order chi connectivity index (χ1) is 12.0. The summed E-state index contributed by atoms with van der Waals surface area (Å²) in [5.41, 5.74) is 2.68. The molecule has 1 aliphatic heterocycles. The van der Waals surface area contributed by atoms with E-state index in [0.29, 0.717) is 10.7 Å². The van der Waals surface area contributed by atoms with Crippen molar-refractivity contribution in [3.8, 4) is 0 Å². The molecule has 3 heterocycles. The smallest absolute Gasteiger partial charge is 0.324 e. The molecule has 0 N–H and O–H groups in total. The molecule has 0 bridgehead atoms. The van der Waals surface area contributed by atoms with Gasteiger partial charge in [0.2, 0.25) is 0 Å². The molecule has 0 atom stereocenters. The summed E-state index contributed by atoms with van der Waals surface area (Å²) in [5, 5.41) is 0.499. The quantitative estimate of drug-likeness (QED) is 0.671. The molecule has 7 heteroatoms. The molecule has 1 aliphatic rings. The van der Waals surface area contributed by atoms with Gasteiger partial charge in [0.25, 0.3) is 11.8 Å². The normalized spacial score (nSPS) is 13.4. The van der Waals surface area contributed by atoms with Crippen LogP contribution in [0.5, 0.6) is 0 Å². The van der Waals surface area contributed by atoms with Crippen LogP contribution in [0.25, 0.3) is 5.65 Å². The number of nitrogens with zero attached hydrogens (tertiary/aromatic N) is 3. The molecule has 0 fully saturated rings. The molecule has 3 aromatic rings. The van der Waals surface area contributed by atoms with Crippen LogP contribution in [0.2, 0.25) is 0 Å². The summed E-state index contributed by atoms with van der Waals surface area (Å²) in [5.74, 6) is -2.12. The van der Waals surface area contributed by atoms with Crippen molar-refractivity contribution in [1.82, 2.24) is 14.4 Å². The van der Waals surface area contributed by atoms with Gasteiger partial charge in [-0.15, -0.1) is 0 Å². The van der Waals surface area contributed by atoms with Gasteiger partial charge in [-0.1, -0.05) is 17.2 Å². The van der Waals surface area contributed by atoms with Crippen molar-refractivity contribution in [1.29, 1.82) is 0 Å². The molecule has 0 saturated heterocycles. The summed E-state index contributed by atoms with van der Waals surface area (Å²) in [6, 6.07) is 9.76. The Kier molecular flexibility index (Phi) is 3.18. The third-order valence-corrected chi connectivity index (χ3v) is 4.09. The average Bonchev–Trinajstić information content (AvgIpc) is 3.11. The van der Waals surface area contributed by atoms with Gasteiger partial charge in [0.1, 0.15) is 5.56 Å². The van der Waals surface area contributed by atoms with Gasteiger partial charge in [-0.05, 0) is 38.1 Å². The van der Waals surface area contributed by atoms with Crippen LogP contribution in [0, 0.1) is 13.8 Å². The van der Waals surface area contributed by atoms with E-state index in [1.165, 1.54) is 12.1 Å². The summed E-state index contributed by atoms with van der Waals surface area (Å²) >= 11 is 0. The monoisotopic (exact) mass is 335 g/mol. The molecule has 124 valence electrons. The number of hydrogen-bond acceptors (Lipinski definition) is 5. The predicted octanol–water partition coefficient (Wildman–Crippen LogP) is 2.32. The Morgan fingerprint density at radius 2 is 1.68 bits per heavy atom. The summed E-state index contributed by atoms with van der Waals surface area (Å²) in [4.78, 5) is 46.5. The molecule has 2 aromatic heterocycles. The number of aryl methyl sites for hydroxylation is 2. The van der Waals surface area contributed by atoms with Gasteiger partial charge < -0.3 is 9.24 Å². The average molecular weight is 335 g/mol. The number of fused-ring (bicyclic) bond motifs is 2. The highest BCUT2D eigenvalue weighted by Gasteiger charge is 2.39. The Hall–Kier alpha value is -3.48. The Labute approximate surface area is 142 Å². The van der Waals surface area contributed by atoms with Crippen LogP contribution in [0.1, 0.15) is 42.5 Å². The van der Waals surface area contributed by atoms with Gasteiger partial charge in [-0.3, -0.25) is 9.59 Å². The minimum Gasteiger partial charge on any atom is -0.324 e. The summed E-state index contributed by atoms with van der Waals surface area (Å²) in [6.07, 6.45) is 1.69. The lowest BCUT2D eigenvalue weighted by Gasteiger charge is -2.12. The number of hydrogen-bond donors (Lipinski definition) is 0. The van der Waals surface area contributed by atoms with Crippen molar-refractivity contribution in [2.24, 2.45) is 0 Å². The van der Waals surface area contributed by atoms with Gasteiger partial charge in [-0.2, -0.15) is 0 Å². The van der Waals surface area contributed by atoms with Crippen LogP contribution >= 0.6 is 0 Å². The Morgan fingerprint density at radius 1 is 1.04 bits per heavy atom. The first-order valence-electron chi connectivity index (χ1n) is 7.63. The van der Waals surface area contributed by atoms with Gasteiger partial charge >= 0.3 is 5.97 Å². The highest BCUT2D eigenvalue weighted by Crippen LogP contribution is 2.24. The molecule has 25 heavy (non-hydrogen) atoms. The van der Waals surface area contributed by atoms with Crippen LogP contribution in [0.15, 0.2) is 42.6 Å². The fraction of sp³-hybridized carbons (Fsp3) is 0.111. The van der Waals surface area contributed by atoms with Crippen molar-refractivity contribution in [2.75, 3.05) is 0 Å². The lowest BCUT2D eigenvalue weighted by Crippen LogP contribution is -2.32. The van der Waals surface area contributed by atoms with E-state index in [2.05, 4.69) is 4.98 Å². The second kappa shape index (κ2) is 5.27. The highest BCUT2D eigenvalue weighted by molar-refractivity contribution is 6.21. The van der Waals surface area contributed by atoms with Crippen molar-refractivity contribution in [3.63, 3.8) is 0 Å². The highest BCUT2D eigenvalue weighted by atomic mass is 16.7. The van der Waals surface area contributed by atoms with E-state index >= 15 is 0 Å². The van der Waals surface area contributed by atoms with Crippen LogP contribution < -0.4 is 0 Å². The molecule has 7 nitrogen and oxygen atoms in total. The maximum absolute atomic E-state index is 12.5. The zero-order valence-corrected chi connectivity index (χ0v) is 13.5. The minimum atomic E-state index is -0.811. The SMILES string of the molecule is Cc1cc(C)n2ccc(C(=O)ON3C(=O)c4ccccc4C3=O)c2n1. The molecule has 0 spiro atoms. The largest absolute Gasteiger partial charge is 0.367 e. The molecule has 0 radical (unpaired) electrons. The van der Waals surface area contributed by atoms with Crippen LogP contribution in [-0.2, 0) is 4.84 Å². The molecular formula is C18H13N3O4. The van der Waals surface area contributed by atoms with Gasteiger partial charge in [0, 0.05) is 17.6 Å². The topological polar surface area (TPSA) is 81.0 Å². The zero-order valence-electron chi connectivity index (χ0n) is 13.5. The maximum atomic E-state index is 12.5. The summed E-state index contributed by atoms with van der Waals surface area (Å²) in [7, 11) is 0. The molecule has 0 aliphatic carbocycles. The lowest BCUT2D eigenvalue weighted by molar-refractivity contribution is -0.0583. The fourth-order valence-electron chi connectivity index (χ4n) is 2.94. The number of benzene rings is 1. The fourth-order valence-corrected chi connectivity index (χ4v) is 2.94. The predicted molar refractivity (Wildman–Crippen MR) is 87.0 cm³/mol. The van der Waals surface area contributed by atoms with Gasteiger partial charge in [0.05, 0.1) is 11.1 Å². The maximum Gasteiger partial charge on any atom is 0.367 e. The zero-order chi connectivity index (χ0) is 17.7. The van der Waals surface area contributed by atoms with E-state index < -0.39 is 17.8 Å². The number of amides is 2. The van der Waals surface area contributed by atoms with Crippen molar-refractivity contribution >= 4 is 23.4 Å². The van der Waals surface area contributed by atoms with E-state index in [0.717, 1.165) is 11.4 Å². The first kappa shape index (κ1) is 15.1. The van der Waals surface area contributed by atoms with Crippen LogP contribution in [-0.4, -0.2) is 32.2 Å². The molecule has 0 unspecified atom stereocenters. The summed E-state index contributed by atoms with van der Waals surface area (Å²) < 4.78 is 1.74. The van der Waals surface area contributed by atoms with Gasteiger partial charge in [0.15, 0.2) is 5.65 Å². The van der Waals surface area contributed by atoms with Crippen LogP contribution in [0.4, 0.5) is 0 Å². The van der Waals surface area contributed by atoms with E-state index in [4.69, 9.17) is 4.84 Å². The molecule has 1 aromatic carbocycles. The van der Waals surface area contributed by atoms with Crippen LogP contribution in [0.3, 0.4) is 0 Å².